The van der Waals surface area contributed by atoms with Gasteiger partial charge in [-0.15, -0.1) is 0 Å². The van der Waals surface area contributed by atoms with Gasteiger partial charge in [0.25, 0.3) is 0 Å². The Labute approximate surface area is 131 Å². The Hall–Kier alpha value is -1.68. The molecule has 1 aliphatic rings. The molecule has 4 nitrogen and oxygen atoms in total. The Morgan fingerprint density at radius 2 is 1.82 bits per heavy atom. The fourth-order valence-electron chi connectivity index (χ4n) is 3.06. The number of benzene rings is 1. The van der Waals surface area contributed by atoms with Crippen LogP contribution < -0.4 is 5.32 Å². The molecule has 0 saturated heterocycles. The van der Waals surface area contributed by atoms with Gasteiger partial charge in [0.15, 0.2) is 5.78 Å². The van der Waals surface area contributed by atoms with E-state index in [4.69, 9.17) is 5.11 Å². The monoisotopic (exact) mass is 303 g/mol. The number of hydrogen-bond donors (Lipinski definition) is 2. The van der Waals surface area contributed by atoms with Crippen LogP contribution in [-0.4, -0.2) is 28.9 Å². The van der Waals surface area contributed by atoms with Gasteiger partial charge >= 0.3 is 5.97 Å². The number of ketones is 1. The lowest BCUT2D eigenvalue weighted by atomic mass is 9.93. The third-order valence-electron chi connectivity index (χ3n) is 4.38. The Balaban J connectivity index is 2.08. The minimum atomic E-state index is -0.938. The minimum absolute atomic E-state index is 0.115. The van der Waals surface area contributed by atoms with Gasteiger partial charge in [-0.3, -0.25) is 9.59 Å². The summed E-state index contributed by atoms with van der Waals surface area (Å²) in [6.45, 7) is 2.06. The molecule has 4 heteroatoms. The highest BCUT2D eigenvalue weighted by Gasteiger charge is 2.26. The summed E-state index contributed by atoms with van der Waals surface area (Å²) >= 11 is 0. The predicted molar refractivity (Wildman–Crippen MR) is 86.2 cm³/mol. The van der Waals surface area contributed by atoms with Crippen molar-refractivity contribution in [2.75, 3.05) is 0 Å². The summed E-state index contributed by atoms with van der Waals surface area (Å²) in [5.74, 6) is -1.05. The largest absolute Gasteiger partial charge is 0.481 e. The van der Waals surface area contributed by atoms with E-state index in [1.807, 2.05) is 12.1 Å². The second kappa shape index (κ2) is 8.08. The highest BCUT2D eigenvalue weighted by Crippen LogP contribution is 2.19. The summed E-state index contributed by atoms with van der Waals surface area (Å²) < 4.78 is 0. The second-order valence-corrected chi connectivity index (χ2v) is 6.07. The van der Waals surface area contributed by atoms with Crippen LogP contribution in [0.3, 0.4) is 0 Å². The van der Waals surface area contributed by atoms with Gasteiger partial charge in [0.1, 0.15) is 0 Å². The lowest BCUT2D eigenvalue weighted by Gasteiger charge is -2.27. The zero-order valence-electron chi connectivity index (χ0n) is 13.2. The number of hydrogen-bond acceptors (Lipinski definition) is 3. The van der Waals surface area contributed by atoms with Gasteiger partial charge in [0.2, 0.25) is 0 Å². The summed E-state index contributed by atoms with van der Waals surface area (Å²) in [4.78, 5) is 23.7. The molecule has 22 heavy (non-hydrogen) atoms. The summed E-state index contributed by atoms with van der Waals surface area (Å²) in [6.07, 6.45) is 6.34. The van der Waals surface area contributed by atoms with Gasteiger partial charge in [-0.1, -0.05) is 50.5 Å². The lowest BCUT2D eigenvalue weighted by Crippen LogP contribution is -2.45. The molecule has 1 aromatic rings. The SMILES string of the molecule is CCc1ccc(C(=O)C(CC(=O)O)NC2CCCCC2)cc1. The third-order valence-corrected chi connectivity index (χ3v) is 4.38. The zero-order valence-corrected chi connectivity index (χ0v) is 13.2. The van der Waals surface area contributed by atoms with Crippen molar-refractivity contribution in [1.29, 1.82) is 0 Å². The zero-order chi connectivity index (χ0) is 15.9. The van der Waals surface area contributed by atoms with Crippen molar-refractivity contribution in [3.8, 4) is 0 Å². The molecule has 0 bridgehead atoms. The molecule has 2 N–H and O–H groups in total. The van der Waals surface area contributed by atoms with Crippen LogP contribution in [0.1, 0.15) is 61.4 Å². The molecule has 0 spiro atoms. The normalized spacial score (nSPS) is 17.1. The van der Waals surface area contributed by atoms with E-state index < -0.39 is 12.0 Å². The molecule has 1 aromatic carbocycles. The average Bonchev–Trinajstić information content (AvgIpc) is 2.54. The van der Waals surface area contributed by atoms with E-state index in [-0.39, 0.29) is 18.2 Å². The highest BCUT2D eigenvalue weighted by molar-refractivity contribution is 6.01. The maximum absolute atomic E-state index is 12.6. The Bertz CT molecular complexity index is 504. The Morgan fingerprint density at radius 3 is 2.36 bits per heavy atom. The number of Topliss-reactive ketones (excluding diaryl/α,β-unsaturated/α-hetero) is 1. The van der Waals surface area contributed by atoms with E-state index in [9.17, 15) is 9.59 Å². The molecule has 2 rings (SSSR count). The number of nitrogens with one attached hydrogen (secondary N) is 1. The van der Waals surface area contributed by atoms with Crippen molar-refractivity contribution < 1.29 is 14.7 Å². The average molecular weight is 303 g/mol. The number of carboxylic acids is 1. The van der Waals surface area contributed by atoms with E-state index in [1.165, 1.54) is 12.0 Å². The van der Waals surface area contributed by atoms with E-state index >= 15 is 0 Å². The van der Waals surface area contributed by atoms with E-state index in [2.05, 4.69) is 12.2 Å². The van der Waals surface area contributed by atoms with Crippen LogP contribution in [0.4, 0.5) is 0 Å². The maximum Gasteiger partial charge on any atom is 0.305 e. The molecule has 0 aromatic heterocycles. The molecule has 0 amide bonds. The fourth-order valence-corrected chi connectivity index (χ4v) is 3.06. The molecule has 1 saturated carbocycles. The topological polar surface area (TPSA) is 66.4 Å². The first-order chi connectivity index (χ1) is 10.6. The van der Waals surface area contributed by atoms with Gasteiger partial charge in [-0.2, -0.15) is 0 Å². The van der Waals surface area contributed by atoms with Gasteiger partial charge < -0.3 is 10.4 Å². The fraction of sp³-hybridized carbons (Fsp3) is 0.556. The predicted octanol–water partition coefficient (Wildman–Crippen LogP) is 3.20. The Kier molecular flexibility index (Phi) is 6.13. The number of carbonyl (C=O) groups is 2. The molecule has 0 heterocycles. The third kappa shape index (κ3) is 4.67. The molecule has 1 unspecified atom stereocenters. The van der Waals surface area contributed by atoms with Crippen LogP contribution in [0.15, 0.2) is 24.3 Å². The summed E-state index contributed by atoms with van der Waals surface area (Å²) in [7, 11) is 0. The summed E-state index contributed by atoms with van der Waals surface area (Å²) in [5.41, 5.74) is 1.76. The second-order valence-electron chi connectivity index (χ2n) is 6.07. The standard InChI is InChI=1S/C18H25NO3/c1-2-13-8-10-14(11-9-13)18(22)16(12-17(20)21)19-15-6-4-3-5-7-15/h8-11,15-16,19H,2-7,12H2,1H3,(H,20,21). The first-order valence-corrected chi connectivity index (χ1v) is 8.21. The summed E-state index contributed by atoms with van der Waals surface area (Å²) in [5, 5.41) is 12.4. The number of aryl methyl sites for hydroxylation is 1. The van der Waals surface area contributed by atoms with Crippen molar-refractivity contribution in [3.63, 3.8) is 0 Å². The van der Waals surface area contributed by atoms with Crippen LogP contribution in [0.5, 0.6) is 0 Å². The molecule has 120 valence electrons. The van der Waals surface area contributed by atoms with Crippen molar-refractivity contribution in [3.05, 3.63) is 35.4 Å². The lowest BCUT2D eigenvalue weighted by molar-refractivity contribution is -0.137. The number of carbonyl (C=O) groups excluding carboxylic acids is 1. The molecule has 0 radical (unpaired) electrons. The van der Waals surface area contributed by atoms with E-state index in [0.29, 0.717) is 5.56 Å². The quantitative estimate of drug-likeness (QED) is 0.759. The molecule has 1 aliphatic carbocycles. The minimum Gasteiger partial charge on any atom is -0.481 e. The smallest absolute Gasteiger partial charge is 0.305 e. The van der Waals surface area contributed by atoms with Gasteiger partial charge in [0.05, 0.1) is 12.5 Å². The number of rotatable bonds is 7. The first kappa shape index (κ1) is 16.7. The van der Waals surface area contributed by atoms with Crippen LogP contribution in [0, 0.1) is 0 Å². The van der Waals surface area contributed by atoms with Crippen LogP contribution >= 0.6 is 0 Å². The molecular formula is C18H25NO3. The van der Waals surface area contributed by atoms with Gasteiger partial charge in [-0.05, 0) is 24.8 Å². The van der Waals surface area contributed by atoms with Crippen molar-refractivity contribution in [2.45, 2.75) is 64.0 Å². The molecular weight excluding hydrogens is 278 g/mol. The van der Waals surface area contributed by atoms with Crippen molar-refractivity contribution >= 4 is 11.8 Å². The van der Waals surface area contributed by atoms with Gasteiger partial charge in [0, 0.05) is 11.6 Å². The first-order valence-electron chi connectivity index (χ1n) is 8.21. The molecule has 1 fully saturated rings. The van der Waals surface area contributed by atoms with Gasteiger partial charge in [-0.25, -0.2) is 0 Å². The van der Waals surface area contributed by atoms with Crippen LogP contribution in [-0.2, 0) is 11.2 Å². The molecule has 1 atom stereocenters. The maximum atomic E-state index is 12.6. The van der Waals surface area contributed by atoms with Crippen molar-refractivity contribution in [1.82, 2.24) is 5.32 Å². The van der Waals surface area contributed by atoms with Crippen molar-refractivity contribution in [2.24, 2.45) is 0 Å². The van der Waals surface area contributed by atoms with E-state index in [0.717, 1.165) is 32.1 Å². The molecule has 0 aliphatic heterocycles. The summed E-state index contributed by atoms with van der Waals surface area (Å²) in [6, 6.07) is 7.11. The number of carboxylic acid groups (broad SMARTS) is 1. The van der Waals surface area contributed by atoms with Crippen LogP contribution in [0.25, 0.3) is 0 Å². The van der Waals surface area contributed by atoms with Crippen LogP contribution in [0.2, 0.25) is 0 Å². The highest BCUT2D eigenvalue weighted by atomic mass is 16.4. The Morgan fingerprint density at radius 1 is 1.18 bits per heavy atom. The number of aliphatic carboxylic acids is 1. The van der Waals surface area contributed by atoms with E-state index in [1.54, 1.807) is 12.1 Å².